The molecule has 2 N–H and O–H groups in total. The van der Waals surface area contributed by atoms with Crippen LogP contribution in [-0.4, -0.2) is 42.7 Å². The molecule has 1 aromatic rings. The number of carbonyl (C=O) groups excluding carboxylic acids is 3. The van der Waals surface area contributed by atoms with Crippen molar-refractivity contribution in [1.82, 2.24) is 10.6 Å². The van der Waals surface area contributed by atoms with Gasteiger partial charge >= 0.3 is 5.97 Å². The van der Waals surface area contributed by atoms with Gasteiger partial charge in [-0.1, -0.05) is 0 Å². The van der Waals surface area contributed by atoms with Crippen LogP contribution in [0.1, 0.15) is 13.8 Å². The molecule has 0 aromatic heterocycles. The van der Waals surface area contributed by atoms with Crippen LogP contribution in [0.15, 0.2) is 23.1 Å². The summed E-state index contributed by atoms with van der Waals surface area (Å²) in [5.74, 6) is -3.30. The number of halogens is 2. The molecule has 24 heavy (non-hydrogen) atoms. The van der Waals surface area contributed by atoms with Crippen LogP contribution in [0.3, 0.4) is 0 Å². The molecule has 132 valence electrons. The minimum atomic E-state index is -0.760. The Morgan fingerprint density at radius 2 is 2.00 bits per heavy atom. The van der Waals surface area contributed by atoms with Crippen molar-refractivity contribution >= 4 is 29.5 Å². The van der Waals surface area contributed by atoms with E-state index in [-0.39, 0.29) is 16.6 Å². The quantitative estimate of drug-likeness (QED) is 0.538. The summed E-state index contributed by atoms with van der Waals surface area (Å²) in [6.07, 6.45) is 0. The van der Waals surface area contributed by atoms with Crippen LogP contribution in [0.5, 0.6) is 0 Å². The molecular formula is C15H18F2N2O4S. The molecule has 0 unspecified atom stereocenters. The van der Waals surface area contributed by atoms with Gasteiger partial charge in [0.15, 0.2) is 6.61 Å². The number of thioether (sulfide) groups is 1. The number of hydrogen-bond donors (Lipinski definition) is 2. The maximum atomic E-state index is 13.4. The average Bonchev–Trinajstić information content (AvgIpc) is 2.53. The van der Waals surface area contributed by atoms with Gasteiger partial charge in [0, 0.05) is 11.4 Å². The van der Waals surface area contributed by atoms with E-state index in [2.05, 4.69) is 10.6 Å². The number of likely N-dealkylation sites (N-methyl/N-ethyl adjacent to an activating group) is 1. The zero-order valence-corrected chi connectivity index (χ0v) is 14.0. The number of carbonyl (C=O) groups is 3. The summed E-state index contributed by atoms with van der Waals surface area (Å²) >= 11 is 0.761. The Bertz CT molecular complexity index is 613. The number of nitrogens with one attached hydrogen (secondary N) is 2. The summed E-state index contributed by atoms with van der Waals surface area (Å²) in [4.78, 5) is 34.5. The second kappa shape index (κ2) is 9.86. The highest BCUT2D eigenvalue weighted by atomic mass is 32.2. The molecule has 0 fully saturated rings. The van der Waals surface area contributed by atoms with Crippen molar-refractivity contribution in [1.29, 1.82) is 0 Å². The molecule has 2 amide bonds. The van der Waals surface area contributed by atoms with Gasteiger partial charge < -0.3 is 15.4 Å². The van der Waals surface area contributed by atoms with Crippen LogP contribution in [0, 0.1) is 11.6 Å². The Morgan fingerprint density at radius 1 is 1.29 bits per heavy atom. The zero-order valence-electron chi connectivity index (χ0n) is 13.2. The third kappa shape index (κ3) is 6.95. The number of benzene rings is 1. The van der Waals surface area contributed by atoms with Gasteiger partial charge in [0.1, 0.15) is 17.7 Å². The number of hydrogen-bond acceptors (Lipinski definition) is 5. The summed E-state index contributed by atoms with van der Waals surface area (Å²) in [6.45, 7) is 3.11. The highest BCUT2D eigenvalue weighted by Gasteiger charge is 2.16. The fourth-order valence-electron chi connectivity index (χ4n) is 1.59. The lowest BCUT2D eigenvalue weighted by Gasteiger charge is -2.13. The molecular weight excluding hydrogens is 342 g/mol. The molecule has 9 heteroatoms. The monoisotopic (exact) mass is 360 g/mol. The van der Waals surface area contributed by atoms with Gasteiger partial charge in [0.05, 0.1) is 5.75 Å². The standard InChI is InChI=1S/C15H18F2N2O4S/c1-3-18-15(22)9(2)19-13(20)7-23-14(21)8-24-12-6-10(16)4-5-11(12)17/h4-6,9H,3,7-8H2,1-2H3,(H,18,22)(H,19,20)/t9-/m0/s1. The molecule has 0 saturated carbocycles. The summed E-state index contributed by atoms with van der Waals surface area (Å²) in [6, 6.07) is 2.14. The summed E-state index contributed by atoms with van der Waals surface area (Å²) < 4.78 is 31.1. The van der Waals surface area contributed by atoms with Gasteiger partial charge in [0.25, 0.3) is 5.91 Å². The minimum Gasteiger partial charge on any atom is -0.455 e. The molecule has 0 saturated heterocycles. The van der Waals surface area contributed by atoms with Crippen LogP contribution < -0.4 is 10.6 Å². The SMILES string of the molecule is CCNC(=O)[C@H](C)NC(=O)COC(=O)CSc1cc(F)ccc1F. The highest BCUT2D eigenvalue weighted by Crippen LogP contribution is 2.22. The lowest BCUT2D eigenvalue weighted by atomic mass is 10.3. The Kier molecular flexibility index (Phi) is 8.17. The highest BCUT2D eigenvalue weighted by molar-refractivity contribution is 8.00. The van der Waals surface area contributed by atoms with Crippen molar-refractivity contribution in [2.75, 3.05) is 18.9 Å². The number of amides is 2. The van der Waals surface area contributed by atoms with Crippen molar-refractivity contribution in [3.8, 4) is 0 Å². The van der Waals surface area contributed by atoms with Gasteiger partial charge in [-0.3, -0.25) is 14.4 Å². The molecule has 0 aliphatic heterocycles. The molecule has 1 atom stereocenters. The molecule has 0 heterocycles. The van der Waals surface area contributed by atoms with Gasteiger partial charge in [-0.2, -0.15) is 0 Å². The van der Waals surface area contributed by atoms with E-state index >= 15 is 0 Å². The lowest BCUT2D eigenvalue weighted by molar-refractivity contribution is -0.146. The maximum absolute atomic E-state index is 13.4. The van der Waals surface area contributed by atoms with Crippen molar-refractivity contribution in [2.45, 2.75) is 24.8 Å². The van der Waals surface area contributed by atoms with E-state index < -0.39 is 36.2 Å². The third-order valence-electron chi connectivity index (χ3n) is 2.72. The first-order valence-corrected chi connectivity index (χ1v) is 8.12. The molecule has 1 aromatic carbocycles. The Labute approximate surface area is 142 Å². The zero-order chi connectivity index (χ0) is 18.1. The molecule has 0 aliphatic carbocycles. The third-order valence-corrected chi connectivity index (χ3v) is 3.73. The van der Waals surface area contributed by atoms with Gasteiger partial charge in [0.2, 0.25) is 5.91 Å². The first-order chi connectivity index (χ1) is 11.3. The minimum absolute atomic E-state index is 0.0266. The van der Waals surface area contributed by atoms with Crippen LogP contribution in [-0.2, 0) is 19.1 Å². The molecule has 0 radical (unpaired) electrons. The summed E-state index contributed by atoms with van der Waals surface area (Å²) in [5, 5.41) is 4.90. The maximum Gasteiger partial charge on any atom is 0.316 e. The Morgan fingerprint density at radius 3 is 2.67 bits per heavy atom. The number of esters is 1. The van der Waals surface area contributed by atoms with Crippen molar-refractivity contribution in [3.63, 3.8) is 0 Å². The van der Waals surface area contributed by atoms with Crippen LogP contribution in [0.4, 0.5) is 8.78 Å². The first kappa shape index (κ1) is 19.9. The second-order valence-corrected chi connectivity index (χ2v) is 5.73. The Balaban J connectivity index is 2.34. The van der Waals surface area contributed by atoms with E-state index in [1.165, 1.54) is 6.92 Å². The molecule has 1 rings (SSSR count). The van der Waals surface area contributed by atoms with Crippen LogP contribution >= 0.6 is 11.8 Å². The van der Waals surface area contributed by atoms with Gasteiger partial charge in [-0.25, -0.2) is 8.78 Å². The molecule has 0 bridgehead atoms. The summed E-state index contributed by atoms with van der Waals surface area (Å²) in [7, 11) is 0. The van der Waals surface area contributed by atoms with E-state index in [4.69, 9.17) is 4.74 Å². The van der Waals surface area contributed by atoms with Crippen molar-refractivity contribution in [2.24, 2.45) is 0 Å². The van der Waals surface area contributed by atoms with E-state index in [0.717, 1.165) is 30.0 Å². The fraction of sp³-hybridized carbons (Fsp3) is 0.400. The van der Waals surface area contributed by atoms with Gasteiger partial charge in [-0.15, -0.1) is 11.8 Å². The predicted molar refractivity (Wildman–Crippen MR) is 84.3 cm³/mol. The smallest absolute Gasteiger partial charge is 0.316 e. The second-order valence-electron chi connectivity index (χ2n) is 4.71. The number of ether oxygens (including phenoxy) is 1. The van der Waals surface area contributed by atoms with Crippen LogP contribution in [0.25, 0.3) is 0 Å². The van der Waals surface area contributed by atoms with Gasteiger partial charge in [-0.05, 0) is 32.0 Å². The lowest BCUT2D eigenvalue weighted by Crippen LogP contribution is -2.46. The Hall–Kier alpha value is -2.16. The normalized spacial score (nSPS) is 11.5. The van der Waals surface area contributed by atoms with E-state index in [1.54, 1.807) is 6.92 Å². The topological polar surface area (TPSA) is 84.5 Å². The predicted octanol–water partition coefficient (Wildman–Crippen LogP) is 1.24. The summed E-state index contributed by atoms with van der Waals surface area (Å²) in [5.41, 5.74) is 0. The first-order valence-electron chi connectivity index (χ1n) is 7.14. The molecule has 0 aliphatic rings. The van der Waals surface area contributed by atoms with E-state index in [9.17, 15) is 23.2 Å². The average molecular weight is 360 g/mol. The largest absolute Gasteiger partial charge is 0.455 e. The number of rotatable bonds is 8. The van der Waals surface area contributed by atoms with Crippen molar-refractivity contribution in [3.05, 3.63) is 29.8 Å². The molecule has 0 spiro atoms. The molecule has 6 nitrogen and oxygen atoms in total. The van der Waals surface area contributed by atoms with E-state index in [0.29, 0.717) is 6.54 Å². The van der Waals surface area contributed by atoms with Crippen molar-refractivity contribution < 1.29 is 27.9 Å². The van der Waals surface area contributed by atoms with E-state index in [1.807, 2.05) is 0 Å². The van der Waals surface area contributed by atoms with Crippen LogP contribution in [0.2, 0.25) is 0 Å². The fourth-order valence-corrected chi connectivity index (χ4v) is 2.35.